The van der Waals surface area contributed by atoms with Crippen molar-refractivity contribution in [2.24, 2.45) is 0 Å². The van der Waals surface area contributed by atoms with E-state index in [1.165, 1.54) is 21.6 Å². The number of halogens is 1. The van der Waals surface area contributed by atoms with Gasteiger partial charge in [-0.15, -0.1) is 5.10 Å². The van der Waals surface area contributed by atoms with Crippen LogP contribution in [0.25, 0.3) is 0 Å². The molecule has 3 rings (SSSR count). The van der Waals surface area contributed by atoms with Gasteiger partial charge in [-0.2, -0.15) is 0 Å². The van der Waals surface area contributed by atoms with Crippen molar-refractivity contribution in [1.29, 1.82) is 0 Å². The van der Waals surface area contributed by atoms with E-state index in [-0.39, 0.29) is 26.1 Å². The first kappa shape index (κ1) is 18.4. The Hall–Kier alpha value is -2.37. The predicted octanol–water partition coefficient (Wildman–Crippen LogP) is -1.43. The third-order valence-corrected chi connectivity index (χ3v) is 4.28. The van der Waals surface area contributed by atoms with E-state index in [4.69, 9.17) is 4.74 Å². The molecule has 1 aliphatic heterocycles. The van der Waals surface area contributed by atoms with E-state index in [9.17, 15) is 24.2 Å². The van der Waals surface area contributed by atoms with Gasteiger partial charge in [-0.25, -0.2) is 13.9 Å². The third kappa shape index (κ3) is 3.45. The Morgan fingerprint density at radius 3 is 2.81 bits per heavy atom. The Labute approximate surface area is 147 Å². The summed E-state index contributed by atoms with van der Waals surface area (Å²) < 4.78 is 21.4. The molecule has 2 N–H and O–H groups in total. The predicted molar refractivity (Wildman–Crippen MR) is 86.4 cm³/mol. The second-order valence-corrected chi connectivity index (χ2v) is 6.17. The maximum atomic E-state index is 12.8. The summed E-state index contributed by atoms with van der Waals surface area (Å²) >= 11 is 0. The van der Waals surface area contributed by atoms with Crippen molar-refractivity contribution in [2.75, 3.05) is 13.3 Å². The first-order valence-corrected chi connectivity index (χ1v) is 8.16. The number of aromatic nitrogens is 5. The molecule has 0 radical (unpaired) electrons. The molecular weight excluding hydrogens is 349 g/mol. The van der Waals surface area contributed by atoms with Gasteiger partial charge in [0, 0.05) is 18.2 Å². The lowest BCUT2D eigenvalue weighted by molar-refractivity contribution is -0.0463. The fourth-order valence-corrected chi connectivity index (χ4v) is 2.92. The van der Waals surface area contributed by atoms with Crippen molar-refractivity contribution >= 4 is 0 Å². The van der Waals surface area contributed by atoms with E-state index >= 15 is 0 Å². The average Bonchev–Trinajstić information content (AvgIpc) is 3.21. The van der Waals surface area contributed by atoms with Crippen LogP contribution in [0.1, 0.15) is 23.9 Å². The average molecular weight is 369 g/mol. The van der Waals surface area contributed by atoms with Gasteiger partial charge in [0.05, 0.1) is 32.0 Å². The molecule has 142 valence electrons. The summed E-state index contributed by atoms with van der Waals surface area (Å²) in [6, 6.07) is 0. The zero-order chi connectivity index (χ0) is 18.8. The number of aliphatic hydroxyl groups is 2. The molecule has 0 amide bonds. The molecule has 0 spiro atoms. The topological polar surface area (TPSA) is 124 Å². The van der Waals surface area contributed by atoms with Gasteiger partial charge in [0.1, 0.15) is 24.7 Å². The molecule has 1 fully saturated rings. The number of hydrogen-bond donors (Lipinski definition) is 2. The van der Waals surface area contributed by atoms with Crippen LogP contribution in [-0.2, 0) is 17.8 Å². The molecule has 3 heterocycles. The largest absolute Gasteiger partial charge is 0.394 e. The number of alkyl halides is 1. The lowest BCUT2D eigenvalue weighted by Gasteiger charge is -2.17. The highest BCUT2D eigenvalue weighted by atomic mass is 19.1. The Balaban J connectivity index is 1.94. The first-order chi connectivity index (χ1) is 12.4. The monoisotopic (exact) mass is 369 g/mol. The van der Waals surface area contributed by atoms with Crippen molar-refractivity contribution in [3.8, 4) is 0 Å². The van der Waals surface area contributed by atoms with Crippen LogP contribution in [0.15, 0.2) is 22.0 Å². The Kier molecular flexibility index (Phi) is 5.30. The Bertz CT molecular complexity index is 891. The van der Waals surface area contributed by atoms with Gasteiger partial charge in [-0.1, -0.05) is 5.21 Å². The van der Waals surface area contributed by atoms with E-state index in [2.05, 4.69) is 10.3 Å². The smallest absolute Gasteiger partial charge is 0.333 e. The number of nitrogens with zero attached hydrogens (tertiary/aromatic N) is 5. The number of ether oxygens (including phenoxy) is 1. The summed E-state index contributed by atoms with van der Waals surface area (Å²) in [4.78, 5) is 25.1. The standard InChI is InChI=1S/C15H20FN5O5/c1-9-5-20(13-4-11(23)12(8-22)26-13)15(25)21(14(9)24)7-10-6-19(3-2-16)18-17-10/h5-6,11-13,22-23H,2-4,7-8H2,1H3/t11?,12-,13?/m1/s1. The molecule has 2 aromatic heterocycles. The second-order valence-electron chi connectivity index (χ2n) is 6.17. The van der Waals surface area contributed by atoms with E-state index < -0.39 is 36.4 Å². The Morgan fingerprint density at radius 1 is 1.38 bits per heavy atom. The summed E-state index contributed by atoms with van der Waals surface area (Å²) in [5, 5.41) is 26.6. The zero-order valence-electron chi connectivity index (χ0n) is 14.2. The number of rotatable bonds is 6. The zero-order valence-corrected chi connectivity index (χ0v) is 14.2. The number of aliphatic hydroxyl groups excluding tert-OH is 2. The van der Waals surface area contributed by atoms with Crippen molar-refractivity contribution < 1.29 is 19.3 Å². The normalized spacial score (nSPS) is 22.8. The molecule has 11 heteroatoms. The lowest BCUT2D eigenvalue weighted by atomic mass is 10.2. The molecule has 0 aromatic carbocycles. The Morgan fingerprint density at radius 2 is 2.15 bits per heavy atom. The van der Waals surface area contributed by atoms with Gasteiger partial charge in [0.25, 0.3) is 5.56 Å². The van der Waals surface area contributed by atoms with E-state index in [0.717, 1.165) is 4.57 Å². The third-order valence-electron chi connectivity index (χ3n) is 4.28. The lowest BCUT2D eigenvalue weighted by Crippen LogP contribution is -2.42. The first-order valence-electron chi connectivity index (χ1n) is 8.16. The SMILES string of the molecule is Cc1cn(C2CC(O)[C@@H](CO)O2)c(=O)n(Cc2cn(CCF)nn2)c1=O. The van der Waals surface area contributed by atoms with Gasteiger partial charge in [0.2, 0.25) is 0 Å². The summed E-state index contributed by atoms with van der Waals surface area (Å²) in [5.74, 6) is 0. The van der Waals surface area contributed by atoms with Crippen LogP contribution in [0, 0.1) is 6.92 Å². The van der Waals surface area contributed by atoms with Crippen LogP contribution in [0.3, 0.4) is 0 Å². The second kappa shape index (κ2) is 7.48. The van der Waals surface area contributed by atoms with Crippen LogP contribution in [0.2, 0.25) is 0 Å². The summed E-state index contributed by atoms with van der Waals surface area (Å²) in [5.41, 5.74) is -0.457. The summed E-state index contributed by atoms with van der Waals surface area (Å²) in [7, 11) is 0. The highest BCUT2D eigenvalue weighted by Crippen LogP contribution is 2.27. The maximum absolute atomic E-state index is 12.8. The quantitative estimate of drug-likeness (QED) is 0.639. The fourth-order valence-electron chi connectivity index (χ4n) is 2.92. The van der Waals surface area contributed by atoms with Crippen LogP contribution < -0.4 is 11.2 Å². The summed E-state index contributed by atoms with van der Waals surface area (Å²) in [6.45, 7) is 0.500. The van der Waals surface area contributed by atoms with Gasteiger partial charge in [-0.05, 0) is 6.92 Å². The van der Waals surface area contributed by atoms with Crippen LogP contribution in [-0.4, -0.2) is 59.8 Å². The van der Waals surface area contributed by atoms with Crippen molar-refractivity contribution in [3.05, 3.63) is 44.5 Å². The van der Waals surface area contributed by atoms with E-state index in [0.29, 0.717) is 11.3 Å². The van der Waals surface area contributed by atoms with Crippen LogP contribution in [0.4, 0.5) is 4.39 Å². The van der Waals surface area contributed by atoms with Crippen molar-refractivity contribution in [3.63, 3.8) is 0 Å². The number of hydrogen-bond acceptors (Lipinski definition) is 7. The number of aryl methyl sites for hydroxylation is 2. The fraction of sp³-hybridized carbons (Fsp3) is 0.600. The minimum absolute atomic E-state index is 0.0380. The van der Waals surface area contributed by atoms with Crippen LogP contribution in [0.5, 0.6) is 0 Å². The minimum atomic E-state index is -0.904. The molecule has 0 bridgehead atoms. The minimum Gasteiger partial charge on any atom is -0.394 e. The maximum Gasteiger partial charge on any atom is 0.333 e. The molecule has 2 unspecified atom stereocenters. The highest BCUT2D eigenvalue weighted by Gasteiger charge is 2.35. The van der Waals surface area contributed by atoms with Gasteiger partial charge < -0.3 is 14.9 Å². The van der Waals surface area contributed by atoms with Gasteiger partial charge in [0.15, 0.2) is 0 Å². The van der Waals surface area contributed by atoms with Crippen molar-refractivity contribution in [2.45, 2.75) is 44.9 Å². The molecule has 0 saturated carbocycles. The highest BCUT2D eigenvalue weighted by molar-refractivity contribution is 5.06. The van der Waals surface area contributed by atoms with Gasteiger partial charge >= 0.3 is 5.69 Å². The molecule has 26 heavy (non-hydrogen) atoms. The van der Waals surface area contributed by atoms with Gasteiger partial charge in [-0.3, -0.25) is 13.9 Å². The molecule has 1 saturated heterocycles. The molecule has 1 aliphatic rings. The van der Waals surface area contributed by atoms with E-state index in [1.54, 1.807) is 6.92 Å². The molecule has 3 atom stereocenters. The van der Waals surface area contributed by atoms with Crippen molar-refractivity contribution in [1.82, 2.24) is 24.1 Å². The molecule has 0 aliphatic carbocycles. The van der Waals surface area contributed by atoms with Crippen LogP contribution >= 0.6 is 0 Å². The van der Waals surface area contributed by atoms with E-state index in [1.807, 2.05) is 0 Å². The molecule has 10 nitrogen and oxygen atoms in total. The molecular formula is C15H20FN5O5. The summed E-state index contributed by atoms with van der Waals surface area (Å²) in [6.07, 6.45) is 0.484. The molecule has 2 aromatic rings.